The van der Waals surface area contributed by atoms with Crippen LogP contribution >= 0.6 is 0 Å². The van der Waals surface area contributed by atoms with Gasteiger partial charge in [-0.1, -0.05) is 13.8 Å². The number of ether oxygens (including phenoxy) is 1. The molecule has 4 nitrogen and oxygen atoms in total. The van der Waals surface area contributed by atoms with Crippen molar-refractivity contribution in [2.24, 2.45) is 11.7 Å². The molecule has 2 atom stereocenters. The van der Waals surface area contributed by atoms with E-state index in [-0.39, 0.29) is 0 Å². The second kappa shape index (κ2) is 6.14. The van der Waals surface area contributed by atoms with E-state index in [1.807, 2.05) is 0 Å². The Kier molecular flexibility index (Phi) is 4.79. The zero-order chi connectivity index (χ0) is 12.3. The number of nitrogens with zero attached hydrogens (tertiary/aromatic N) is 2. The van der Waals surface area contributed by atoms with Crippen LogP contribution in [0.15, 0.2) is 0 Å². The number of hydrogen-bond acceptors (Lipinski definition) is 4. The summed E-state index contributed by atoms with van der Waals surface area (Å²) < 4.78 is 5.41. The molecule has 2 aliphatic rings. The largest absolute Gasteiger partial charge is 0.379 e. The van der Waals surface area contributed by atoms with Crippen molar-refractivity contribution in [3.05, 3.63) is 0 Å². The molecule has 17 heavy (non-hydrogen) atoms. The van der Waals surface area contributed by atoms with Gasteiger partial charge in [-0.25, -0.2) is 0 Å². The van der Waals surface area contributed by atoms with Gasteiger partial charge in [0.1, 0.15) is 0 Å². The standard InChI is InChI=1S/C13H27N3O/c1-11(2)13(14)10-15-4-3-12(9-15)16-5-7-17-8-6-16/h11-13H,3-10,14H2,1-2H3. The molecule has 2 saturated heterocycles. The Labute approximate surface area is 105 Å². The monoisotopic (exact) mass is 241 g/mol. The highest BCUT2D eigenvalue weighted by atomic mass is 16.5. The Morgan fingerprint density at radius 1 is 1.24 bits per heavy atom. The molecule has 2 rings (SSSR count). The van der Waals surface area contributed by atoms with Crippen LogP contribution in [0.3, 0.4) is 0 Å². The van der Waals surface area contributed by atoms with Gasteiger partial charge in [-0.15, -0.1) is 0 Å². The van der Waals surface area contributed by atoms with E-state index in [1.54, 1.807) is 0 Å². The highest BCUT2D eigenvalue weighted by Gasteiger charge is 2.29. The molecule has 0 bridgehead atoms. The molecular weight excluding hydrogens is 214 g/mol. The van der Waals surface area contributed by atoms with Crippen LogP contribution in [0.25, 0.3) is 0 Å². The average Bonchev–Trinajstić information content (AvgIpc) is 2.78. The number of morpholine rings is 1. The van der Waals surface area contributed by atoms with Crippen molar-refractivity contribution in [1.29, 1.82) is 0 Å². The Bertz CT molecular complexity index is 229. The fourth-order valence-electron chi connectivity index (χ4n) is 2.73. The summed E-state index contributed by atoms with van der Waals surface area (Å²) in [6, 6.07) is 1.05. The van der Waals surface area contributed by atoms with E-state index in [4.69, 9.17) is 10.5 Å². The minimum absolute atomic E-state index is 0.318. The second-order valence-corrected chi connectivity index (χ2v) is 5.76. The first-order valence-electron chi connectivity index (χ1n) is 6.96. The molecule has 4 heteroatoms. The van der Waals surface area contributed by atoms with Crippen LogP contribution in [-0.4, -0.2) is 67.8 Å². The van der Waals surface area contributed by atoms with E-state index >= 15 is 0 Å². The molecule has 0 amide bonds. The molecule has 2 N–H and O–H groups in total. The minimum Gasteiger partial charge on any atom is -0.379 e. The zero-order valence-electron chi connectivity index (χ0n) is 11.3. The maximum absolute atomic E-state index is 6.14. The fourth-order valence-corrected chi connectivity index (χ4v) is 2.73. The van der Waals surface area contributed by atoms with Gasteiger partial charge in [0.2, 0.25) is 0 Å². The van der Waals surface area contributed by atoms with Gasteiger partial charge in [-0.2, -0.15) is 0 Å². The quantitative estimate of drug-likeness (QED) is 0.772. The van der Waals surface area contributed by atoms with Gasteiger partial charge < -0.3 is 15.4 Å². The lowest BCUT2D eigenvalue weighted by Crippen LogP contribution is -2.46. The first-order valence-corrected chi connectivity index (χ1v) is 6.96. The van der Waals surface area contributed by atoms with E-state index in [9.17, 15) is 0 Å². The van der Waals surface area contributed by atoms with E-state index in [2.05, 4.69) is 23.6 Å². The van der Waals surface area contributed by atoms with Crippen molar-refractivity contribution in [3.8, 4) is 0 Å². The molecule has 0 saturated carbocycles. The summed E-state index contributed by atoms with van der Waals surface area (Å²) in [5.41, 5.74) is 6.14. The maximum Gasteiger partial charge on any atom is 0.0594 e. The van der Waals surface area contributed by atoms with Crippen LogP contribution in [0.1, 0.15) is 20.3 Å². The fraction of sp³-hybridized carbons (Fsp3) is 1.00. The maximum atomic E-state index is 6.14. The van der Waals surface area contributed by atoms with Crippen molar-refractivity contribution >= 4 is 0 Å². The van der Waals surface area contributed by atoms with Gasteiger partial charge in [0.15, 0.2) is 0 Å². The minimum atomic E-state index is 0.318. The van der Waals surface area contributed by atoms with Crippen LogP contribution in [0.2, 0.25) is 0 Å². The van der Waals surface area contributed by atoms with Crippen molar-refractivity contribution in [3.63, 3.8) is 0 Å². The summed E-state index contributed by atoms with van der Waals surface area (Å²) >= 11 is 0. The van der Waals surface area contributed by atoms with Crippen LogP contribution in [0.5, 0.6) is 0 Å². The molecule has 2 fully saturated rings. The lowest BCUT2D eigenvalue weighted by molar-refractivity contribution is 0.0183. The van der Waals surface area contributed by atoms with Gasteiger partial charge in [-0.05, 0) is 18.9 Å². The topological polar surface area (TPSA) is 41.7 Å². The molecule has 0 aromatic heterocycles. The number of rotatable bonds is 4. The molecule has 0 aromatic rings. The molecule has 2 heterocycles. The van der Waals surface area contributed by atoms with E-state index in [1.165, 1.54) is 19.5 Å². The van der Waals surface area contributed by atoms with Crippen LogP contribution in [0.4, 0.5) is 0 Å². The van der Waals surface area contributed by atoms with Gasteiger partial charge in [0.25, 0.3) is 0 Å². The third kappa shape index (κ3) is 3.65. The lowest BCUT2D eigenvalue weighted by Gasteiger charge is -2.32. The number of hydrogen-bond donors (Lipinski definition) is 1. The van der Waals surface area contributed by atoms with Crippen LogP contribution in [0, 0.1) is 5.92 Å². The molecule has 100 valence electrons. The van der Waals surface area contributed by atoms with Crippen molar-refractivity contribution in [1.82, 2.24) is 9.80 Å². The smallest absolute Gasteiger partial charge is 0.0594 e. The SMILES string of the molecule is CC(C)C(N)CN1CCC(N2CCOCC2)C1. The van der Waals surface area contributed by atoms with Crippen molar-refractivity contribution < 1.29 is 4.74 Å². The predicted molar refractivity (Wildman–Crippen MR) is 70.1 cm³/mol. The number of likely N-dealkylation sites (tertiary alicyclic amines) is 1. The molecule has 2 unspecified atom stereocenters. The molecule has 0 aromatic carbocycles. The van der Waals surface area contributed by atoms with Gasteiger partial charge >= 0.3 is 0 Å². The predicted octanol–water partition coefficient (Wildman–Crippen LogP) is 0.376. The third-order valence-corrected chi connectivity index (χ3v) is 4.13. The average molecular weight is 241 g/mol. The zero-order valence-corrected chi connectivity index (χ0v) is 11.3. The highest BCUT2D eigenvalue weighted by Crippen LogP contribution is 2.17. The summed E-state index contributed by atoms with van der Waals surface area (Å²) in [5.74, 6) is 0.581. The number of nitrogens with two attached hydrogens (primary N) is 1. The van der Waals surface area contributed by atoms with E-state index in [0.29, 0.717) is 12.0 Å². The summed E-state index contributed by atoms with van der Waals surface area (Å²) in [7, 11) is 0. The van der Waals surface area contributed by atoms with Crippen LogP contribution in [-0.2, 0) is 4.74 Å². The highest BCUT2D eigenvalue weighted by molar-refractivity contribution is 4.86. The first kappa shape index (κ1) is 13.3. The summed E-state index contributed by atoms with van der Waals surface area (Å²) in [6.07, 6.45) is 1.30. The normalized spacial score (nSPS) is 30.0. The first-order chi connectivity index (χ1) is 8.16. The summed E-state index contributed by atoms with van der Waals surface area (Å²) in [6.45, 7) is 11.9. The Hall–Kier alpha value is -0.160. The van der Waals surface area contributed by atoms with Crippen LogP contribution < -0.4 is 5.73 Å². The van der Waals surface area contributed by atoms with E-state index in [0.717, 1.165) is 38.9 Å². The Morgan fingerprint density at radius 3 is 2.59 bits per heavy atom. The Morgan fingerprint density at radius 2 is 1.94 bits per heavy atom. The summed E-state index contributed by atoms with van der Waals surface area (Å²) in [5, 5.41) is 0. The molecular formula is C13H27N3O. The molecule has 0 spiro atoms. The summed E-state index contributed by atoms with van der Waals surface area (Å²) in [4.78, 5) is 5.12. The van der Waals surface area contributed by atoms with E-state index < -0.39 is 0 Å². The molecule has 0 radical (unpaired) electrons. The van der Waals surface area contributed by atoms with Crippen molar-refractivity contribution in [2.75, 3.05) is 45.9 Å². The molecule has 0 aliphatic carbocycles. The second-order valence-electron chi connectivity index (χ2n) is 5.76. The molecule has 2 aliphatic heterocycles. The lowest BCUT2D eigenvalue weighted by atomic mass is 10.1. The Balaban J connectivity index is 1.74. The van der Waals surface area contributed by atoms with Gasteiger partial charge in [0.05, 0.1) is 13.2 Å². The van der Waals surface area contributed by atoms with Gasteiger partial charge in [-0.3, -0.25) is 4.90 Å². The van der Waals surface area contributed by atoms with Crippen molar-refractivity contribution in [2.45, 2.75) is 32.4 Å². The van der Waals surface area contributed by atoms with Gasteiger partial charge in [0, 0.05) is 38.3 Å². The third-order valence-electron chi connectivity index (χ3n) is 4.13.